The first kappa shape index (κ1) is 23.5. The van der Waals surface area contributed by atoms with Crippen LogP contribution in [0.1, 0.15) is 31.0 Å². The number of halogens is 1. The number of aliphatic hydroxyl groups excluding tert-OH is 1. The van der Waals surface area contributed by atoms with Crippen LogP contribution in [0.4, 0.5) is 23.1 Å². The van der Waals surface area contributed by atoms with Crippen LogP contribution in [0.3, 0.4) is 0 Å². The third-order valence-electron chi connectivity index (χ3n) is 6.49. The van der Waals surface area contributed by atoms with Crippen molar-refractivity contribution in [1.82, 2.24) is 24.5 Å². The van der Waals surface area contributed by atoms with E-state index >= 15 is 0 Å². The smallest absolute Gasteiger partial charge is 0.247 e. The Morgan fingerprint density at radius 1 is 1.20 bits per heavy atom. The third-order valence-corrected chi connectivity index (χ3v) is 6.88. The first-order valence-corrected chi connectivity index (χ1v) is 12.1. The maximum absolute atomic E-state index is 9.47. The van der Waals surface area contributed by atoms with Crippen molar-refractivity contribution in [2.75, 3.05) is 48.3 Å². The van der Waals surface area contributed by atoms with Crippen molar-refractivity contribution in [2.24, 2.45) is 0 Å². The zero-order chi connectivity index (χ0) is 24.5. The molecule has 1 unspecified atom stereocenters. The zero-order valence-electron chi connectivity index (χ0n) is 19.5. The summed E-state index contributed by atoms with van der Waals surface area (Å²) in [6.45, 7) is 5.32. The van der Waals surface area contributed by atoms with Gasteiger partial charge in [0.15, 0.2) is 11.5 Å². The van der Waals surface area contributed by atoms with E-state index in [9.17, 15) is 5.11 Å². The Morgan fingerprint density at radius 3 is 2.63 bits per heavy atom. The third kappa shape index (κ3) is 4.79. The fourth-order valence-electron chi connectivity index (χ4n) is 4.24. The summed E-state index contributed by atoms with van der Waals surface area (Å²) in [4.78, 5) is 13.5. The van der Waals surface area contributed by atoms with E-state index in [4.69, 9.17) is 22.4 Å². The molecule has 0 spiro atoms. The van der Waals surface area contributed by atoms with Crippen molar-refractivity contribution >= 4 is 52.8 Å². The lowest BCUT2D eigenvalue weighted by Crippen LogP contribution is -2.50. The summed E-state index contributed by atoms with van der Waals surface area (Å²) in [5.74, 6) is 0.921. The average Bonchev–Trinajstić information content (AvgIpc) is 3.60. The lowest BCUT2D eigenvalue weighted by Gasteiger charge is -2.39. The number of imidazole rings is 1. The topological polar surface area (TPSA) is 142 Å². The van der Waals surface area contributed by atoms with Gasteiger partial charge in [-0.05, 0) is 37.5 Å². The van der Waals surface area contributed by atoms with E-state index in [1.165, 1.54) is 12.4 Å². The Bertz CT molecular complexity index is 1250. The molecule has 3 heterocycles. The van der Waals surface area contributed by atoms with Crippen molar-refractivity contribution in [2.45, 2.75) is 31.8 Å². The lowest BCUT2D eigenvalue weighted by molar-refractivity contribution is 0.128. The van der Waals surface area contributed by atoms with Gasteiger partial charge < -0.3 is 31.5 Å². The number of hydrogen-bond donors (Lipinski definition) is 5. The maximum Gasteiger partial charge on any atom is 0.247 e. The molecule has 2 aliphatic rings. The van der Waals surface area contributed by atoms with Crippen LogP contribution in [-0.4, -0.2) is 86.9 Å². The molecule has 2 fully saturated rings. The number of nitrogens with zero attached hydrogens (tertiary/aromatic N) is 6. The summed E-state index contributed by atoms with van der Waals surface area (Å²) in [6, 6.07) is 4.21. The first-order valence-electron chi connectivity index (χ1n) is 11.7. The van der Waals surface area contributed by atoms with Crippen LogP contribution in [0.25, 0.3) is 5.65 Å². The molecule has 12 heteroatoms. The molecule has 5 N–H and O–H groups in total. The summed E-state index contributed by atoms with van der Waals surface area (Å²) in [6.07, 6.45) is 6.25. The molecule has 2 aromatic heterocycles. The molecule has 5 rings (SSSR count). The number of nitrogens with one attached hydrogen (secondary N) is 4. The second kappa shape index (κ2) is 9.76. The highest BCUT2D eigenvalue weighted by Gasteiger charge is 2.25. The van der Waals surface area contributed by atoms with Gasteiger partial charge in [-0.25, -0.2) is 9.50 Å². The number of rotatable bonds is 9. The maximum atomic E-state index is 9.47. The molecule has 35 heavy (non-hydrogen) atoms. The van der Waals surface area contributed by atoms with Gasteiger partial charge in [-0.3, -0.25) is 4.90 Å². The zero-order valence-corrected chi connectivity index (χ0v) is 20.3. The molecule has 3 aromatic rings. The standard InChI is InChI=1S/C23H29ClN10O/c1-14(13-35)32-4-6-33(7-5-32)19-9-15(10-25)8-18(20(19)24)29-23-30-21(28-16-2-3-16)22-27-12-17(11-26)34(22)31-23/h8-12,14,16,25-26,35H,2-7,13H2,1H3,(H2,28,29,30,31). The molecular formula is C23H29ClN10O. The van der Waals surface area contributed by atoms with Gasteiger partial charge in [0.1, 0.15) is 5.69 Å². The second-order valence-corrected chi connectivity index (χ2v) is 9.37. The molecule has 1 aliphatic carbocycles. The van der Waals surface area contributed by atoms with Crippen molar-refractivity contribution in [3.05, 3.63) is 34.6 Å². The molecular weight excluding hydrogens is 468 g/mol. The fraction of sp³-hybridized carbons (Fsp3) is 0.435. The molecule has 0 bridgehead atoms. The van der Waals surface area contributed by atoms with Crippen LogP contribution in [0.5, 0.6) is 0 Å². The molecule has 11 nitrogen and oxygen atoms in total. The van der Waals surface area contributed by atoms with Crippen molar-refractivity contribution in [3.8, 4) is 0 Å². The van der Waals surface area contributed by atoms with Crippen molar-refractivity contribution in [3.63, 3.8) is 0 Å². The molecule has 1 atom stereocenters. The van der Waals surface area contributed by atoms with Gasteiger partial charge in [0.2, 0.25) is 5.95 Å². The molecule has 1 saturated carbocycles. The Kier molecular flexibility index (Phi) is 6.54. The van der Waals surface area contributed by atoms with Crippen LogP contribution < -0.4 is 15.5 Å². The van der Waals surface area contributed by atoms with Crippen LogP contribution >= 0.6 is 11.6 Å². The van der Waals surface area contributed by atoms with Gasteiger partial charge in [0.05, 0.1) is 29.2 Å². The Balaban J connectivity index is 1.46. The van der Waals surface area contributed by atoms with Gasteiger partial charge >= 0.3 is 0 Å². The lowest BCUT2D eigenvalue weighted by atomic mass is 10.1. The summed E-state index contributed by atoms with van der Waals surface area (Å²) < 4.78 is 1.59. The normalized spacial score (nSPS) is 17.4. The summed E-state index contributed by atoms with van der Waals surface area (Å²) in [5, 5.41) is 36.7. The Hall–Kier alpha value is -3.28. The van der Waals surface area contributed by atoms with Crippen LogP contribution in [0, 0.1) is 10.8 Å². The number of anilines is 4. The fourth-order valence-corrected chi connectivity index (χ4v) is 4.52. The number of benzene rings is 1. The predicted molar refractivity (Wildman–Crippen MR) is 138 cm³/mol. The van der Waals surface area contributed by atoms with Gasteiger partial charge in [0, 0.05) is 50.7 Å². The van der Waals surface area contributed by atoms with Gasteiger partial charge in [-0.1, -0.05) is 11.6 Å². The quantitative estimate of drug-likeness (QED) is 0.284. The molecule has 1 saturated heterocycles. The van der Waals surface area contributed by atoms with E-state index in [-0.39, 0.29) is 12.6 Å². The highest BCUT2D eigenvalue weighted by Crippen LogP contribution is 2.36. The van der Waals surface area contributed by atoms with Crippen LogP contribution in [0.15, 0.2) is 18.3 Å². The molecule has 0 amide bonds. The number of aromatic nitrogens is 4. The van der Waals surface area contributed by atoms with Crippen molar-refractivity contribution < 1.29 is 5.11 Å². The van der Waals surface area contributed by atoms with E-state index < -0.39 is 0 Å². The average molecular weight is 497 g/mol. The molecule has 184 valence electrons. The minimum atomic E-state index is 0.123. The predicted octanol–water partition coefficient (Wildman–Crippen LogP) is 2.59. The number of hydrogen-bond acceptors (Lipinski definition) is 10. The molecule has 1 aromatic carbocycles. The first-order chi connectivity index (χ1) is 17.0. The molecule has 0 radical (unpaired) electrons. The summed E-state index contributed by atoms with van der Waals surface area (Å²) in [5.41, 5.74) is 3.25. The van der Waals surface area contributed by atoms with Crippen LogP contribution in [0.2, 0.25) is 5.02 Å². The number of fused-ring (bicyclic) bond motifs is 1. The van der Waals surface area contributed by atoms with Gasteiger partial charge in [-0.15, -0.1) is 5.10 Å². The molecule has 1 aliphatic heterocycles. The summed E-state index contributed by atoms with van der Waals surface area (Å²) >= 11 is 6.88. The Labute approximate surface area is 208 Å². The highest BCUT2D eigenvalue weighted by molar-refractivity contribution is 6.36. The SMILES string of the molecule is CC(CO)N1CCN(c2cc(C=N)cc(Nc3nc(NC4CC4)c4ncc(C=N)n4n3)c2Cl)CC1. The number of piperazine rings is 1. The van der Waals surface area contributed by atoms with E-state index in [0.717, 1.165) is 44.7 Å². The second-order valence-electron chi connectivity index (χ2n) is 8.99. The highest BCUT2D eigenvalue weighted by atomic mass is 35.5. The van der Waals surface area contributed by atoms with Crippen molar-refractivity contribution in [1.29, 1.82) is 10.8 Å². The van der Waals surface area contributed by atoms with E-state index in [1.807, 2.05) is 13.0 Å². The minimum Gasteiger partial charge on any atom is -0.395 e. The summed E-state index contributed by atoms with van der Waals surface area (Å²) in [7, 11) is 0. The minimum absolute atomic E-state index is 0.123. The van der Waals surface area contributed by atoms with E-state index in [0.29, 0.717) is 45.4 Å². The van der Waals surface area contributed by atoms with E-state index in [1.54, 1.807) is 16.8 Å². The monoisotopic (exact) mass is 496 g/mol. The largest absolute Gasteiger partial charge is 0.395 e. The van der Waals surface area contributed by atoms with Crippen LogP contribution in [-0.2, 0) is 0 Å². The van der Waals surface area contributed by atoms with Gasteiger partial charge in [0.25, 0.3) is 0 Å². The van der Waals surface area contributed by atoms with E-state index in [2.05, 4.69) is 35.5 Å². The number of aliphatic hydroxyl groups is 1. The van der Waals surface area contributed by atoms with Gasteiger partial charge in [-0.2, -0.15) is 4.98 Å². The Morgan fingerprint density at radius 2 is 1.97 bits per heavy atom.